The summed E-state index contributed by atoms with van der Waals surface area (Å²) >= 11 is 0. The van der Waals surface area contributed by atoms with Crippen molar-refractivity contribution in [2.24, 2.45) is 0 Å². The Bertz CT molecular complexity index is 392. The summed E-state index contributed by atoms with van der Waals surface area (Å²) in [4.78, 5) is 10.7. The van der Waals surface area contributed by atoms with Crippen LogP contribution in [0.15, 0.2) is 0 Å². The van der Waals surface area contributed by atoms with E-state index in [0.717, 1.165) is 0 Å². The second kappa shape index (κ2) is 4.81. The molecule has 5 nitrogen and oxygen atoms in total. The van der Waals surface area contributed by atoms with Gasteiger partial charge in [-0.25, -0.2) is 8.42 Å². The molecule has 0 unspecified atom stereocenters. The summed E-state index contributed by atoms with van der Waals surface area (Å²) in [6, 6.07) is -1.23. The van der Waals surface area contributed by atoms with Crippen LogP contribution in [0.2, 0.25) is 0 Å². The van der Waals surface area contributed by atoms with Crippen LogP contribution < -0.4 is 0 Å². The molecule has 9 heteroatoms. The predicted molar refractivity (Wildman–Crippen MR) is 51.8 cm³/mol. The van der Waals surface area contributed by atoms with Crippen molar-refractivity contribution in [3.63, 3.8) is 0 Å². The van der Waals surface area contributed by atoms with Crippen molar-refractivity contribution < 1.29 is 31.5 Å². The molecule has 1 fully saturated rings. The maximum absolute atomic E-state index is 11.9. The van der Waals surface area contributed by atoms with Crippen LogP contribution in [-0.4, -0.2) is 48.3 Å². The molecule has 0 amide bonds. The summed E-state index contributed by atoms with van der Waals surface area (Å²) in [5.41, 5.74) is 0. The lowest BCUT2D eigenvalue weighted by Gasteiger charge is -2.21. The molecule has 1 rings (SSSR count). The lowest BCUT2D eigenvalue weighted by atomic mass is 10.2. The number of sulfonamides is 1. The van der Waals surface area contributed by atoms with Crippen molar-refractivity contribution >= 4 is 16.0 Å². The molecule has 1 N–H and O–H groups in total. The number of halogens is 3. The summed E-state index contributed by atoms with van der Waals surface area (Å²) in [5, 5.41) is 8.75. The highest BCUT2D eigenvalue weighted by Gasteiger charge is 2.40. The van der Waals surface area contributed by atoms with Crippen molar-refractivity contribution in [3.05, 3.63) is 0 Å². The van der Waals surface area contributed by atoms with Crippen LogP contribution in [0.25, 0.3) is 0 Å². The number of carboxylic acid groups (broad SMARTS) is 1. The largest absolute Gasteiger partial charge is 0.480 e. The van der Waals surface area contributed by atoms with Crippen LogP contribution in [-0.2, 0) is 14.8 Å². The Hall–Kier alpha value is -0.830. The molecule has 0 radical (unpaired) electrons. The molecular formula is C8H12F3NO4S. The number of carboxylic acids is 1. The Kier molecular flexibility index (Phi) is 4.03. The van der Waals surface area contributed by atoms with Gasteiger partial charge in [-0.1, -0.05) is 0 Å². The zero-order valence-electron chi connectivity index (χ0n) is 8.77. The fourth-order valence-electron chi connectivity index (χ4n) is 1.68. The molecule has 0 bridgehead atoms. The van der Waals surface area contributed by atoms with Crippen LogP contribution in [0.4, 0.5) is 13.2 Å². The molecule has 1 aliphatic heterocycles. The van der Waals surface area contributed by atoms with Gasteiger partial charge >= 0.3 is 12.1 Å². The van der Waals surface area contributed by atoms with Crippen LogP contribution in [0.1, 0.15) is 19.3 Å². The van der Waals surface area contributed by atoms with E-state index < -0.39 is 40.4 Å². The summed E-state index contributed by atoms with van der Waals surface area (Å²) in [6.45, 7) is -0.0306. The first-order valence-corrected chi connectivity index (χ1v) is 6.53. The Labute approximate surface area is 96.3 Å². The summed E-state index contributed by atoms with van der Waals surface area (Å²) in [7, 11) is -4.15. The first-order valence-electron chi connectivity index (χ1n) is 4.92. The molecule has 0 spiro atoms. The number of rotatable bonds is 4. The van der Waals surface area contributed by atoms with Crippen LogP contribution in [0, 0.1) is 0 Å². The molecule has 0 aliphatic carbocycles. The van der Waals surface area contributed by atoms with Gasteiger partial charge in [0.1, 0.15) is 6.04 Å². The number of hydrogen-bond donors (Lipinski definition) is 1. The highest BCUT2D eigenvalue weighted by molar-refractivity contribution is 7.89. The molecule has 1 atom stereocenters. The number of hydrogen-bond acceptors (Lipinski definition) is 3. The third-order valence-electron chi connectivity index (χ3n) is 2.49. The third kappa shape index (κ3) is 3.84. The zero-order valence-corrected chi connectivity index (χ0v) is 9.59. The molecule has 0 aromatic rings. The van der Waals surface area contributed by atoms with Crippen LogP contribution in [0.5, 0.6) is 0 Å². The Morgan fingerprint density at radius 1 is 1.41 bits per heavy atom. The lowest BCUT2D eigenvalue weighted by molar-refractivity contribution is -0.140. The molecule has 1 heterocycles. The van der Waals surface area contributed by atoms with Crippen LogP contribution in [0.3, 0.4) is 0 Å². The molecule has 1 saturated heterocycles. The SMILES string of the molecule is O=C(O)[C@@H]1CCCN1S(=O)(=O)CCC(F)(F)F. The number of alkyl halides is 3. The summed E-state index contributed by atoms with van der Waals surface area (Å²) < 4.78 is 59.6. The first kappa shape index (κ1) is 14.2. The second-order valence-electron chi connectivity index (χ2n) is 3.79. The second-order valence-corrected chi connectivity index (χ2v) is 5.83. The van der Waals surface area contributed by atoms with E-state index in [1.54, 1.807) is 0 Å². The van der Waals surface area contributed by atoms with Gasteiger partial charge in [0.25, 0.3) is 0 Å². The predicted octanol–water partition coefficient (Wildman–Crippen LogP) is 0.818. The maximum Gasteiger partial charge on any atom is 0.390 e. The summed E-state index contributed by atoms with van der Waals surface area (Å²) in [5.74, 6) is -2.42. The monoisotopic (exact) mass is 275 g/mol. The Morgan fingerprint density at radius 3 is 2.47 bits per heavy atom. The van der Waals surface area contributed by atoms with Gasteiger partial charge in [0.15, 0.2) is 0 Å². The van der Waals surface area contributed by atoms with Crippen molar-refractivity contribution in [1.82, 2.24) is 4.31 Å². The van der Waals surface area contributed by atoms with Crippen molar-refractivity contribution in [1.29, 1.82) is 0 Å². The van der Waals surface area contributed by atoms with E-state index in [-0.39, 0.29) is 13.0 Å². The minimum absolute atomic E-state index is 0.0306. The molecule has 0 aromatic carbocycles. The molecule has 0 saturated carbocycles. The van der Waals surface area contributed by atoms with E-state index in [2.05, 4.69) is 0 Å². The standard InChI is InChI=1S/C8H12F3NO4S/c9-8(10,11)3-5-17(15,16)12-4-1-2-6(12)7(13)14/h6H,1-5H2,(H,13,14)/t6-/m0/s1. The highest BCUT2D eigenvalue weighted by atomic mass is 32.2. The molecule has 100 valence electrons. The number of nitrogens with zero attached hydrogens (tertiary/aromatic N) is 1. The van der Waals surface area contributed by atoms with E-state index in [1.807, 2.05) is 0 Å². The summed E-state index contributed by atoms with van der Waals surface area (Å²) in [6.07, 6.45) is -5.54. The van der Waals surface area contributed by atoms with Crippen molar-refractivity contribution in [2.75, 3.05) is 12.3 Å². The van der Waals surface area contributed by atoms with Gasteiger partial charge in [-0.3, -0.25) is 4.79 Å². The average molecular weight is 275 g/mol. The van der Waals surface area contributed by atoms with Gasteiger partial charge < -0.3 is 5.11 Å². The number of aliphatic carboxylic acids is 1. The average Bonchev–Trinajstić information content (AvgIpc) is 2.62. The van der Waals surface area contributed by atoms with Gasteiger partial charge in [0, 0.05) is 6.54 Å². The van der Waals surface area contributed by atoms with Gasteiger partial charge in [0.2, 0.25) is 10.0 Å². The molecular weight excluding hydrogens is 263 g/mol. The van der Waals surface area contributed by atoms with Crippen molar-refractivity contribution in [3.8, 4) is 0 Å². The van der Waals surface area contributed by atoms with E-state index in [9.17, 15) is 26.4 Å². The van der Waals surface area contributed by atoms with E-state index >= 15 is 0 Å². The zero-order chi connectivity index (χ0) is 13.3. The molecule has 1 aliphatic rings. The van der Waals surface area contributed by atoms with Gasteiger partial charge in [0.05, 0.1) is 12.2 Å². The molecule has 0 aromatic heterocycles. The van der Waals surface area contributed by atoms with Crippen LogP contribution >= 0.6 is 0 Å². The topological polar surface area (TPSA) is 74.7 Å². The van der Waals surface area contributed by atoms with Gasteiger partial charge in [-0.05, 0) is 12.8 Å². The smallest absolute Gasteiger partial charge is 0.390 e. The normalized spacial score (nSPS) is 22.9. The third-order valence-corrected chi connectivity index (χ3v) is 4.36. The fraction of sp³-hybridized carbons (Fsp3) is 0.875. The highest BCUT2D eigenvalue weighted by Crippen LogP contribution is 2.25. The molecule has 17 heavy (non-hydrogen) atoms. The van der Waals surface area contributed by atoms with E-state index in [4.69, 9.17) is 5.11 Å². The quantitative estimate of drug-likeness (QED) is 0.824. The Morgan fingerprint density at radius 2 is 2.00 bits per heavy atom. The fourth-order valence-corrected chi connectivity index (χ4v) is 3.40. The van der Waals surface area contributed by atoms with E-state index in [1.165, 1.54) is 0 Å². The Balaban J connectivity index is 2.73. The maximum atomic E-state index is 11.9. The first-order chi connectivity index (χ1) is 7.63. The van der Waals surface area contributed by atoms with Crippen molar-refractivity contribution in [2.45, 2.75) is 31.5 Å². The lowest BCUT2D eigenvalue weighted by Crippen LogP contribution is -2.42. The minimum atomic E-state index is -4.56. The minimum Gasteiger partial charge on any atom is -0.480 e. The van der Waals surface area contributed by atoms with Gasteiger partial charge in [-0.15, -0.1) is 0 Å². The van der Waals surface area contributed by atoms with E-state index in [0.29, 0.717) is 10.7 Å². The number of carbonyl (C=O) groups is 1. The van der Waals surface area contributed by atoms with Gasteiger partial charge in [-0.2, -0.15) is 17.5 Å².